The summed E-state index contributed by atoms with van der Waals surface area (Å²) in [5.41, 5.74) is 5.58. The highest BCUT2D eigenvalue weighted by molar-refractivity contribution is 7.88. The van der Waals surface area contributed by atoms with Crippen LogP contribution in [0.5, 0.6) is 0 Å². The van der Waals surface area contributed by atoms with Crippen LogP contribution in [0, 0.1) is 6.92 Å². The third-order valence-electron chi connectivity index (χ3n) is 7.94. The topological polar surface area (TPSA) is 138 Å². The van der Waals surface area contributed by atoms with E-state index in [-0.39, 0.29) is 18.6 Å². The number of likely N-dealkylation sites (N-methyl/N-ethyl adjacent to an activating group) is 1. The van der Waals surface area contributed by atoms with Gasteiger partial charge in [0.15, 0.2) is 0 Å². The molecule has 1 aliphatic rings. The molecular weight excluding hydrogens is 590 g/mol. The fraction of sp³-hybridized carbons (Fsp3) is 0.281. The molecule has 12 nitrogen and oxygen atoms in total. The molecule has 0 spiro atoms. The Morgan fingerprint density at radius 3 is 2.44 bits per heavy atom. The maximum absolute atomic E-state index is 14.2. The molecule has 0 radical (unpaired) electrons. The van der Waals surface area contributed by atoms with Crippen molar-refractivity contribution in [2.24, 2.45) is 0 Å². The van der Waals surface area contributed by atoms with Crippen molar-refractivity contribution < 1.29 is 8.42 Å². The second-order valence-electron chi connectivity index (χ2n) is 11.1. The summed E-state index contributed by atoms with van der Waals surface area (Å²) in [6.07, 6.45) is 7.69. The summed E-state index contributed by atoms with van der Waals surface area (Å²) in [5.74, 6) is 0.324. The second-order valence-corrected chi connectivity index (χ2v) is 13.2. The maximum atomic E-state index is 14.2. The summed E-state index contributed by atoms with van der Waals surface area (Å²) >= 11 is 0. The average Bonchev–Trinajstić information content (AvgIpc) is 3.05. The van der Waals surface area contributed by atoms with Crippen molar-refractivity contribution in [1.82, 2.24) is 34.1 Å². The predicted molar refractivity (Wildman–Crippen MR) is 177 cm³/mol. The van der Waals surface area contributed by atoms with Crippen LogP contribution in [-0.4, -0.2) is 83.3 Å². The molecule has 13 heteroatoms. The smallest absolute Gasteiger partial charge is 0.260 e. The third-order valence-corrected chi connectivity index (χ3v) is 9.26. The predicted octanol–water partition coefficient (Wildman–Crippen LogP) is 3.27. The van der Waals surface area contributed by atoms with E-state index in [0.717, 1.165) is 54.9 Å². The Morgan fingerprint density at radius 1 is 0.956 bits per heavy atom. The number of nitrogens with zero attached hydrogens (tertiary/aromatic N) is 7. The van der Waals surface area contributed by atoms with Crippen LogP contribution in [0.3, 0.4) is 0 Å². The first kappa shape index (κ1) is 30.3. The third kappa shape index (κ3) is 6.70. The molecule has 5 aromatic rings. The first-order valence-electron chi connectivity index (χ1n) is 14.7. The minimum Gasteiger partial charge on any atom is -0.369 e. The van der Waals surface area contributed by atoms with Crippen LogP contribution in [0.4, 0.5) is 17.3 Å². The lowest BCUT2D eigenvalue weighted by Crippen LogP contribution is -2.43. The molecule has 0 saturated carbocycles. The Kier molecular flexibility index (Phi) is 8.57. The van der Waals surface area contributed by atoms with Crippen LogP contribution < -0.4 is 21.1 Å². The van der Waals surface area contributed by atoms with Crippen molar-refractivity contribution in [2.45, 2.75) is 13.5 Å². The van der Waals surface area contributed by atoms with Gasteiger partial charge in [-0.25, -0.2) is 17.7 Å². The summed E-state index contributed by atoms with van der Waals surface area (Å²) in [5, 5.41) is 7.26. The van der Waals surface area contributed by atoms with Gasteiger partial charge >= 0.3 is 0 Å². The van der Waals surface area contributed by atoms with Crippen molar-refractivity contribution in [3.63, 3.8) is 0 Å². The van der Waals surface area contributed by atoms with Crippen LogP contribution >= 0.6 is 0 Å². The molecule has 1 aliphatic heterocycles. The van der Waals surface area contributed by atoms with Gasteiger partial charge in [0.1, 0.15) is 5.65 Å². The number of nitrogens with one attached hydrogen (secondary N) is 2. The number of rotatable bonds is 9. The zero-order valence-electron chi connectivity index (χ0n) is 25.4. The van der Waals surface area contributed by atoms with Gasteiger partial charge in [0, 0.05) is 92.8 Å². The summed E-state index contributed by atoms with van der Waals surface area (Å²) in [6, 6.07) is 15.7. The van der Waals surface area contributed by atoms with E-state index in [9.17, 15) is 13.2 Å². The molecule has 4 heterocycles. The Labute approximate surface area is 261 Å². The number of fused-ring (bicyclic) bond motifs is 1. The summed E-state index contributed by atoms with van der Waals surface area (Å²) in [4.78, 5) is 34.6. The lowest BCUT2D eigenvalue weighted by molar-refractivity contribution is 0.449. The van der Waals surface area contributed by atoms with Crippen molar-refractivity contribution in [1.29, 1.82) is 0 Å². The number of sulfonamides is 1. The van der Waals surface area contributed by atoms with Crippen LogP contribution in [0.25, 0.3) is 33.4 Å². The number of pyridine rings is 1. The van der Waals surface area contributed by atoms with Gasteiger partial charge in [-0.3, -0.25) is 19.3 Å². The Morgan fingerprint density at radius 2 is 1.73 bits per heavy atom. The number of hydrogen-bond donors (Lipinski definition) is 2. The molecule has 1 saturated heterocycles. The fourth-order valence-electron chi connectivity index (χ4n) is 5.38. The van der Waals surface area contributed by atoms with Gasteiger partial charge in [-0.1, -0.05) is 17.7 Å². The van der Waals surface area contributed by atoms with Crippen LogP contribution in [-0.2, 0) is 16.6 Å². The van der Waals surface area contributed by atoms with E-state index in [1.54, 1.807) is 30.9 Å². The zero-order chi connectivity index (χ0) is 31.6. The van der Waals surface area contributed by atoms with Crippen molar-refractivity contribution in [3.8, 4) is 22.4 Å². The van der Waals surface area contributed by atoms with E-state index in [1.165, 1.54) is 15.9 Å². The molecule has 2 N–H and O–H groups in total. The molecule has 0 aliphatic carbocycles. The highest BCUT2D eigenvalue weighted by Gasteiger charge is 2.19. The molecule has 2 aromatic carbocycles. The monoisotopic (exact) mass is 625 g/mol. The van der Waals surface area contributed by atoms with Crippen LogP contribution in [0.15, 0.2) is 78.1 Å². The quantitative estimate of drug-likeness (QED) is 0.251. The molecule has 0 atom stereocenters. The van der Waals surface area contributed by atoms with E-state index in [0.29, 0.717) is 33.8 Å². The molecule has 0 bridgehead atoms. The maximum Gasteiger partial charge on any atom is 0.260 e. The van der Waals surface area contributed by atoms with E-state index in [1.807, 2.05) is 37.3 Å². The van der Waals surface area contributed by atoms with Crippen molar-refractivity contribution >= 4 is 38.4 Å². The number of piperazine rings is 1. The first-order chi connectivity index (χ1) is 21.7. The minimum atomic E-state index is -3.46. The number of hydrogen-bond acceptors (Lipinski definition) is 10. The van der Waals surface area contributed by atoms with Crippen LogP contribution in [0.1, 0.15) is 5.56 Å². The normalized spacial score (nSPS) is 13.8. The van der Waals surface area contributed by atoms with Gasteiger partial charge in [0.25, 0.3) is 5.56 Å². The second kappa shape index (κ2) is 12.7. The van der Waals surface area contributed by atoms with E-state index < -0.39 is 10.0 Å². The van der Waals surface area contributed by atoms with Gasteiger partial charge in [-0.05, 0) is 48.9 Å². The number of aromatic nitrogens is 5. The number of benzene rings is 2. The minimum absolute atomic E-state index is 0.0858. The molecule has 232 valence electrons. The number of aryl methyl sites for hydroxylation is 1. The van der Waals surface area contributed by atoms with Gasteiger partial charge < -0.3 is 15.5 Å². The lowest BCUT2D eigenvalue weighted by Gasteiger charge is -2.29. The standard InChI is InChI=1S/C32H35N9O3S/c1-22-4-9-26(27(18-22)29-21-34-10-11-35-29)28-19-23-20-36-32(37-24-5-7-25(8-6-24)40-14-12-33-13-15-40)38-30(23)41(31(28)42)17-16-39(2)45(3,43)44/h4-11,18-21,33H,12-17H2,1-3H3,(H,36,37,38). The van der Waals surface area contributed by atoms with Crippen molar-refractivity contribution in [3.05, 3.63) is 89.2 Å². The van der Waals surface area contributed by atoms with Gasteiger partial charge in [-0.15, -0.1) is 0 Å². The lowest BCUT2D eigenvalue weighted by atomic mass is 9.96. The van der Waals surface area contributed by atoms with E-state index >= 15 is 0 Å². The molecule has 0 unspecified atom stereocenters. The fourth-order valence-corrected chi connectivity index (χ4v) is 5.79. The Hall–Kier alpha value is -4.72. The van der Waals surface area contributed by atoms with E-state index in [4.69, 9.17) is 4.98 Å². The first-order valence-corrected chi connectivity index (χ1v) is 16.5. The average molecular weight is 626 g/mol. The zero-order valence-corrected chi connectivity index (χ0v) is 26.3. The molecule has 45 heavy (non-hydrogen) atoms. The van der Waals surface area contributed by atoms with E-state index in [2.05, 4.69) is 42.6 Å². The van der Waals surface area contributed by atoms with Crippen molar-refractivity contribution in [2.75, 3.05) is 56.2 Å². The molecular formula is C32H35N9O3S. The highest BCUT2D eigenvalue weighted by atomic mass is 32.2. The van der Waals surface area contributed by atoms with Gasteiger partial charge in [0.05, 0.1) is 18.1 Å². The number of anilines is 3. The summed E-state index contributed by atoms with van der Waals surface area (Å²) in [6.45, 7) is 5.98. The SMILES string of the molecule is Cc1ccc(-c2cc3cnc(Nc4ccc(N5CCNCC5)cc4)nc3n(CCN(C)S(C)(=O)=O)c2=O)c(-c2cnccn2)c1. The van der Waals surface area contributed by atoms with Gasteiger partial charge in [0.2, 0.25) is 16.0 Å². The molecule has 1 fully saturated rings. The molecule has 3 aromatic heterocycles. The van der Waals surface area contributed by atoms with Crippen LogP contribution in [0.2, 0.25) is 0 Å². The highest BCUT2D eigenvalue weighted by Crippen LogP contribution is 2.31. The Balaban J connectivity index is 1.41. The summed E-state index contributed by atoms with van der Waals surface area (Å²) in [7, 11) is -1.97. The van der Waals surface area contributed by atoms with Gasteiger partial charge in [-0.2, -0.15) is 4.98 Å². The molecule has 0 amide bonds. The molecule has 6 rings (SSSR count). The Bertz CT molecular complexity index is 1990. The largest absolute Gasteiger partial charge is 0.369 e. The summed E-state index contributed by atoms with van der Waals surface area (Å²) < 4.78 is 27.1.